The Morgan fingerprint density at radius 1 is 1.24 bits per heavy atom. The Morgan fingerprint density at radius 3 is 2.19 bits per heavy atom. The highest BCUT2D eigenvalue weighted by Gasteiger charge is 2.42. The molecular formula is C12H15F3N2O3S. The first-order valence-electron chi connectivity index (χ1n) is 5.89. The molecule has 1 rings (SSSR count). The third-order valence-corrected chi connectivity index (χ3v) is 4.16. The van der Waals surface area contributed by atoms with E-state index in [9.17, 15) is 26.4 Å². The fourth-order valence-corrected chi connectivity index (χ4v) is 2.12. The van der Waals surface area contributed by atoms with E-state index in [-0.39, 0.29) is 5.56 Å². The Hall–Kier alpha value is -1.61. The molecule has 0 bridgehead atoms. The SMILES string of the molecule is CN(C)S(=O)(=O)NC(=O)C[C@H](c1ccccc1)C(F)(F)F. The lowest BCUT2D eigenvalue weighted by Crippen LogP contribution is -2.40. The molecule has 0 aliphatic heterocycles. The van der Waals surface area contributed by atoms with Crippen molar-refractivity contribution in [2.75, 3.05) is 14.1 Å². The van der Waals surface area contributed by atoms with Gasteiger partial charge in [-0.25, -0.2) is 4.72 Å². The average molecular weight is 324 g/mol. The van der Waals surface area contributed by atoms with Gasteiger partial charge in [-0.2, -0.15) is 25.9 Å². The Labute approximate surface area is 120 Å². The van der Waals surface area contributed by atoms with Crippen LogP contribution < -0.4 is 4.72 Å². The number of rotatable bonds is 5. The summed E-state index contributed by atoms with van der Waals surface area (Å²) in [6.45, 7) is 0. The summed E-state index contributed by atoms with van der Waals surface area (Å²) in [6, 6.07) is 6.87. The highest BCUT2D eigenvalue weighted by atomic mass is 32.2. The molecule has 0 unspecified atom stereocenters. The monoisotopic (exact) mass is 324 g/mol. The smallest absolute Gasteiger partial charge is 0.274 e. The number of carbonyl (C=O) groups excluding carboxylic acids is 1. The Kier molecular flexibility index (Phi) is 5.35. The van der Waals surface area contributed by atoms with Crippen LogP contribution in [0.5, 0.6) is 0 Å². The molecule has 0 heterocycles. The van der Waals surface area contributed by atoms with Crippen LogP contribution in [0.3, 0.4) is 0 Å². The van der Waals surface area contributed by atoms with Crippen molar-refractivity contribution >= 4 is 16.1 Å². The first kappa shape index (κ1) is 17.4. The number of alkyl halides is 3. The van der Waals surface area contributed by atoms with E-state index in [0.29, 0.717) is 4.31 Å². The van der Waals surface area contributed by atoms with Gasteiger partial charge in [0.25, 0.3) is 0 Å². The van der Waals surface area contributed by atoms with Crippen LogP contribution in [0.4, 0.5) is 13.2 Å². The molecule has 0 saturated carbocycles. The highest BCUT2D eigenvalue weighted by molar-refractivity contribution is 7.87. The second-order valence-corrected chi connectivity index (χ2v) is 6.41. The van der Waals surface area contributed by atoms with E-state index < -0.39 is 34.6 Å². The van der Waals surface area contributed by atoms with Gasteiger partial charge in [-0.3, -0.25) is 4.79 Å². The summed E-state index contributed by atoms with van der Waals surface area (Å²) in [5, 5.41) is 0. The number of hydrogen-bond acceptors (Lipinski definition) is 3. The van der Waals surface area contributed by atoms with Gasteiger partial charge in [0.2, 0.25) is 5.91 Å². The summed E-state index contributed by atoms with van der Waals surface area (Å²) in [5.74, 6) is -3.27. The first-order valence-corrected chi connectivity index (χ1v) is 7.33. The van der Waals surface area contributed by atoms with E-state index >= 15 is 0 Å². The predicted molar refractivity (Wildman–Crippen MR) is 70.6 cm³/mol. The number of nitrogens with one attached hydrogen (secondary N) is 1. The fourth-order valence-electron chi connectivity index (χ4n) is 1.57. The van der Waals surface area contributed by atoms with Gasteiger partial charge in [-0.15, -0.1) is 0 Å². The van der Waals surface area contributed by atoms with Crippen LogP contribution in [0.15, 0.2) is 30.3 Å². The molecule has 0 spiro atoms. The molecule has 118 valence electrons. The normalized spacial score (nSPS) is 14.0. The van der Waals surface area contributed by atoms with Gasteiger partial charge in [0, 0.05) is 20.5 Å². The van der Waals surface area contributed by atoms with Gasteiger partial charge in [-0.1, -0.05) is 30.3 Å². The standard InChI is InChI=1S/C12H15F3N2O3S/c1-17(2)21(19,20)16-11(18)8-10(12(13,14)15)9-6-4-3-5-7-9/h3-7,10H,8H2,1-2H3,(H,16,18)/t10-/m1/s1. The van der Waals surface area contributed by atoms with Gasteiger partial charge in [0.15, 0.2) is 0 Å². The lowest BCUT2D eigenvalue weighted by Gasteiger charge is -2.21. The molecule has 0 aliphatic carbocycles. The van der Waals surface area contributed by atoms with Crippen LogP contribution >= 0.6 is 0 Å². The minimum absolute atomic E-state index is 0.0950. The van der Waals surface area contributed by atoms with Gasteiger partial charge in [0.1, 0.15) is 0 Å². The maximum atomic E-state index is 13.0. The van der Waals surface area contributed by atoms with Gasteiger partial charge in [0.05, 0.1) is 5.92 Å². The molecule has 0 saturated heterocycles. The first-order chi connectivity index (χ1) is 9.54. The number of halogens is 3. The maximum Gasteiger partial charge on any atom is 0.396 e. The second-order valence-electron chi connectivity index (χ2n) is 4.52. The molecule has 1 aromatic carbocycles. The second kappa shape index (κ2) is 6.44. The van der Waals surface area contributed by atoms with E-state index in [0.717, 1.165) is 14.1 Å². The molecule has 1 N–H and O–H groups in total. The number of amides is 1. The minimum Gasteiger partial charge on any atom is -0.274 e. The molecule has 0 aliphatic rings. The van der Waals surface area contributed by atoms with Crippen molar-refractivity contribution in [3.05, 3.63) is 35.9 Å². The van der Waals surface area contributed by atoms with Crippen molar-refractivity contribution < 1.29 is 26.4 Å². The van der Waals surface area contributed by atoms with Crippen molar-refractivity contribution in [1.82, 2.24) is 9.03 Å². The zero-order valence-electron chi connectivity index (χ0n) is 11.4. The zero-order valence-corrected chi connectivity index (χ0v) is 12.2. The van der Waals surface area contributed by atoms with Crippen molar-refractivity contribution in [3.63, 3.8) is 0 Å². The molecule has 21 heavy (non-hydrogen) atoms. The van der Waals surface area contributed by atoms with Crippen LogP contribution in [0.1, 0.15) is 17.9 Å². The summed E-state index contributed by atoms with van der Waals surface area (Å²) >= 11 is 0. The number of nitrogens with zero attached hydrogens (tertiary/aromatic N) is 1. The largest absolute Gasteiger partial charge is 0.396 e. The van der Waals surface area contributed by atoms with Crippen LogP contribution in [0.25, 0.3) is 0 Å². The molecule has 1 aromatic rings. The van der Waals surface area contributed by atoms with Gasteiger partial charge in [-0.05, 0) is 5.56 Å². The zero-order chi connectivity index (χ0) is 16.3. The van der Waals surface area contributed by atoms with E-state index in [4.69, 9.17) is 0 Å². The van der Waals surface area contributed by atoms with E-state index in [1.54, 1.807) is 10.8 Å². The van der Waals surface area contributed by atoms with Crippen LogP contribution in [-0.4, -0.2) is 38.9 Å². The van der Waals surface area contributed by atoms with E-state index in [1.165, 1.54) is 24.3 Å². The Balaban J connectivity index is 2.92. The van der Waals surface area contributed by atoms with Crippen molar-refractivity contribution in [1.29, 1.82) is 0 Å². The van der Waals surface area contributed by atoms with Crippen LogP contribution in [-0.2, 0) is 15.0 Å². The molecule has 9 heteroatoms. The predicted octanol–water partition coefficient (Wildman–Crippen LogP) is 1.65. The fraction of sp³-hybridized carbons (Fsp3) is 0.417. The van der Waals surface area contributed by atoms with Crippen molar-refractivity contribution in [2.24, 2.45) is 0 Å². The summed E-state index contributed by atoms with van der Waals surface area (Å²) in [6.07, 6.45) is -5.65. The van der Waals surface area contributed by atoms with Gasteiger partial charge >= 0.3 is 16.4 Å². The maximum absolute atomic E-state index is 13.0. The number of carbonyl (C=O) groups is 1. The molecule has 0 radical (unpaired) electrons. The van der Waals surface area contributed by atoms with E-state index in [2.05, 4.69) is 0 Å². The summed E-state index contributed by atoms with van der Waals surface area (Å²) < 4.78 is 64.2. The molecule has 1 atom stereocenters. The van der Waals surface area contributed by atoms with Crippen LogP contribution in [0, 0.1) is 0 Å². The van der Waals surface area contributed by atoms with Gasteiger partial charge < -0.3 is 0 Å². The summed E-state index contributed by atoms with van der Waals surface area (Å²) in [5.41, 5.74) is -0.0950. The van der Waals surface area contributed by atoms with Crippen molar-refractivity contribution in [2.45, 2.75) is 18.5 Å². The molecular weight excluding hydrogens is 309 g/mol. The van der Waals surface area contributed by atoms with Crippen molar-refractivity contribution in [3.8, 4) is 0 Å². The number of benzene rings is 1. The van der Waals surface area contributed by atoms with E-state index in [1.807, 2.05) is 0 Å². The minimum atomic E-state index is -4.65. The lowest BCUT2D eigenvalue weighted by atomic mass is 9.95. The molecule has 5 nitrogen and oxygen atoms in total. The third-order valence-electron chi connectivity index (χ3n) is 2.71. The van der Waals surface area contributed by atoms with Crippen LogP contribution in [0.2, 0.25) is 0 Å². The topological polar surface area (TPSA) is 66.5 Å². The summed E-state index contributed by atoms with van der Waals surface area (Å²) in [7, 11) is -1.78. The Bertz CT molecular complexity index is 586. The quantitative estimate of drug-likeness (QED) is 0.895. The summed E-state index contributed by atoms with van der Waals surface area (Å²) in [4.78, 5) is 11.6. The molecule has 1 amide bonds. The number of hydrogen-bond donors (Lipinski definition) is 1. The molecule has 0 aromatic heterocycles. The third kappa shape index (κ3) is 5.01. The average Bonchev–Trinajstić information content (AvgIpc) is 2.35. The highest BCUT2D eigenvalue weighted by Crippen LogP contribution is 2.37. The molecule has 0 fully saturated rings. The Morgan fingerprint density at radius 2 is 1.76 bits per heavy atom. The lowest BCUT2D eigenvalue weighted by molar-refractivity contribution is -0.156.